The molecule has 1 unspecified atom stereocenters. The van der Waals surface area contributed by atoms with Crippen LogP contribution in [-0.4, -0.2) is 10.9 Å². The lowest BCUT2D eigenvalue weighted by atomic mass is 9.80. The van der Waals surface area contributed by atoms with E-state index in [4.69, 9.17) is 0 Å². The van der Waals surface area contributed by atoms with Gasteiger partial charge < -0.3 is 4.90 Å². The largest absolute Gasteiger partial charge is 0.343 e. The quantitative estimate of drug-likeness (QED) is 0.431. The molecule has 2 aliphatic rings. The van der Waals surface area contributed by atoms with Crippen LogP contribution in [0.3, 0.4) is 0 Å². The molecular weight excluding hydrogens is 374 g/mol. The molecule has 168 valence electrons. The van der Waals surface area contributed by atoms with Gasteiger partial charge in [0.15, 0.2) is 0 Å². The number of rotatable bonds is 7. The van der Waals surface area contributed by atoms with Crippen LogP contribution < -0.4 is 0 Å². The normalized spacial score (nSPS) is 18.5. The minimum Gasteiger partial charge on any atom is -0.343 e. The predicted molar refractivity (Wildman–Crippen MR) is 137 cm³/mol. The summed E-state index contributed by atoms with van der Waals surface area (Å²) in [7, 11) is 0. The molecule has 1 nitrogen and oxygen atoms in total. The predicted octanol–water partition coefficient (Wildman–Crippen LogP) is 8.26. The van der Waals surface area contributed by atoms with Gasteiger partial charge in [-0.3, -0.25) is 0 Å². The molecule has 1 aromatic carbocycles. The summed E-state index contributed by atoms with van der Waals surface area (Å²) in [5.74, 6) is 0.573. The van der Waals surface area contributed by atoms with Crippen molar-refractivity contribution in [1.29, 1.82) is 0 Å². The van der Waals surface area contributed by atoms with E-state index in [1.165, 1.54) is 46.4 Å². The Bertz CT molecular complexity index is 916. The fraction of sp³-hybridized carbons (Fsp3) is 0.533. The van der Waals surface area contributed by atoms with Crippen LogP contribution in [0.4, 0.5) is 0 Å². The van der Waals surface area contributed by atoms with Crippen molar-refractivity contribution >= 4 is 5.70 Å². The highest BCUT2D eigenvalue weighted by Crippen LogP contribution is 2.42. The Kier molecular flexibility index (Phi) is 7.04. The topological polar surface area (TPSA) is 3.24 Å². The van der Waals surface area contributed by atoms with Gasteiger partial charge in [-0.2, -0.15) is 0 Å². The Morgan fingerprint density at radius 3 is 2.45 bits per heavy atom. The third kappa shape index (κ3) is 5.08. The minimum atomic E-state index is 0.365. The van der Waals surface area contributed by atoms with Gasteiger partial charge in [0.05, 0.1) is 0 Å². The number of fused-ring (bicyclic) bond motifs is 3. The number of benzene rings is 1. The highest BCUT2D eigenvalue weighted by Gasteiger charge is 2.33. The van der Waals surface area contributed by atoms with E-state index < -0.39 is 0 Å². The van der Waals surface area contributed by atoms with Gasteiger partial charge in [-0.05, 0) is 89.0 Å². The van der Waals surface area contributed by atoms with E-state index in [1.54, 1.807) is 5.56 Å². The monoisotopic (exact) mass is 417 g/mol. The van der Waals surface area contributed by atoms with Gasteiger partial charge in [0.25, 0.3) is 0 Å². The SMILES string of the molecule is C=C1C=C2c3cc(CC)c(CCC(C)(C)C)cc3CC(C(C)C)N2C=C1C(=C)CCC. The maximum Gasteiger partial charge on any atom is 0.0491 e. The molecule has 2 heterocycles. The Morgan fingerprint density at radius 2 is 1.87 bits per heavy atom. The summed E-state index contributed by atoms with van der Waals surface area (Å²) < 4.78 is 0. The van der Waals surface area contributed by atoms with Gasteiger partial charge >= 0.3 is 0 Å². The van der Waals surface area contributed by atoms with Crippen molar-refractivity contribution in [3.8, 4) is 0 Å². The highest BCUT2D eigenvalue weighted by molar-refractivity contribution is 5.77. The molecular formula is C30H43N. The minimum absolute atomic E-state index is 0.365. The zero-order valence-electron chi connectivity index (χ0n) is 21.1. The van der Waals surface area contributed by atoms with E-state index in [-0.39, 0.29) is 0 Å². The Balaban J connectivity index is 2.06. The summed E-state index contributed by atoms with van der Waals surface area (Å²) in [6, 6.07) is 5.49. The molecule has 0 aromatic heterocycles. The van der Waals surface area contributed by atoms with Crippen LogP contribution in [-0.2, 0) is 19.3 Å². The molecule has 0 N–H and O–H groups in total. The lowest BCUT2D eigenvalue weighted by Gasteiger charge is -2.43. The first-order valence-electron chi connectivity index (χ1n) is 12.3. The van der Waals surface area contributed by atoms with Crippen molar-refractivity contribution in [2.45, 2.75) is 93.0 Å². The second-order valence-corrected chi connectivity index (χ2v) is 11.1. The maximum atomic E-state index is 4.42. The smallest absolute Gasteiger partial charge is 0.0491 e. The van der Waals surface area contributed by atoms with E-state index in [2.05, 4.69) is 90.9 Å². The lowest BCUT2D eigenvalue weighted by molar-refractivity contribution is 0.284. The van der Waals surface area contributed by atoms with Crippen molar-refractivity contribution < 1.29 is 0 Å². The van der Waals surface area contributed by atoms with Gasteiger partial charge in [-0.1, -0.05) is 74.1 Å². The number of hydrogen-bond donors (Lipinski definition) is 0. The summed E-state index contributed by atoms with van der Waals surface area (Å²) in [5, 5.41) is 0. The van der Waals surface area contributed by atoms with Crippen molar-refractivity contribution in [2.24, 2.45) is 11.3 Å². The number of hydrogen-bond acceptors (Lipinski definition) is 1. The van der Waals surface area contributed by atoms with Crippen LogP contribution in [0.15, 0.2) is 54.3 Å². The van der Waals surface area contributed by atoms with Crippen molar-refractivity contribution in [3.63, 3.8) is 0 Å². The third-order valence-electron chi connectivity index (χ3n) is 6.92. The van der Waals surface area contributed by atoms with Gasteiger partial charge in [-0.25, -0.2) is 0 Å². The molecule has 1 aromatic rings. The average molecular weight is 418 g/mol. The first kappa shape index (κ1) is 23.6. The van der Waals surface area contributed by atoms with E-state index >= 15 is 0 Å². The first-order chi connectivity index (χ1) is 14.6. The molecule has 31 heavy (non-hydrogen) atoms. The maximum absolute atomic E-state index is 4.42. The zero-order chi connectivity index (χ0) is 22.9. The fourth-order valence-electron chi connectivity index (χ4n) is 4.95. The number of allylic oxidation sites excluding steroid dienone is 4. The van der Waals surface area contributed by atoms with Gasteiger partial charge in [0, 0.05) is 23.5 Å². The fourth-order valence-corrected chi connectivity index (χ4v) is 4.95. The van der Waals surface area contributed by atoms with Crippen molar-refractivity contribution in [1.82, 2.24) is 4.90 Å². The molecule has 0 amide bonds. The molecule has 0 saturated heterocycles. The summed E-state index contributed by atoms with van der Waals surface area (Å²) in [5.41, 5.74) is 11.2. The van der Waals surface area contributed by atoms with Crippen LogP contribution in [0.1, 0.15) is 90.0 Å². The van der Waals surface area contributed by atoms with Crippen molar-refractivity contribution in [2.75, 3.05) is 0 Å². The summed E-state index contributed by atoms with van der Waals surface area (Å²) in [4.78, 5) is 2.53. The van der Waals surface area contributed by atoms with Crippen LogP contribution in [0.2, 0.25) is 0 Å². The second-order valence-electron chi connectivity index (χ2n) is 11.1. The van der Waals surface area contributed by atoms with Crippen LogP contribution >= 0.6 is 0 Å². The molecule has 2 aliphatic heterocycles. The van der Waals surface area contributed by atoms with E-state index in [1.807, 2.05) is 0 Å². The highest BCUT2D eigenvalue weighted by atomic mass is 15.2. The second kappa shape index (κ2) is 9.23. The molecule has 3 rings (SSSR count). The molecule has 0 saturated carbocycles. The van der Waals surface area contributed by atoms with Gasteiger partial charge in [0.2, 0.25) is 0 Å². The van der Waals surface area contributed by atoms with Crippen LogP contribution in [0.25, 0.3) is 5.70 Å². The van der Waals surface area contributed by atoms with Crippen LogP contribution in [0.5, 0.6) is 0 Å². The van der Waals surface area contributed by atoms with Crippen LogP contribution in [0, 0.1) is 11.3 Å². The molecule has 0 fully saturated rings. The average Bonchev–Trinajstić information content (AvgIpc) is 2.69. The van der Waals surface area contributed by atoms with E-state index in [0.717, 1.165) is 31.3 Å². The molecule has 1 atom stereocenters. The zero-order valence-corrected chi connectivity index (χ0v) is 21.1. The molecule has 0 aliphatic carbocycles. The van der Waals surface area contributed by atoms with Crippen molar-refractivity contribution in [3.05, 3.63) is 76.5 Å². The Hall–Kier alpha value is -2.02. The Labute approximate surface area is 191 Å². The van der Waals surface area contributed by atoms with E-state index in [0.29, 0.717) is 17.4 Å². The van der Waals surface area contributed by atoms with E-state index in [9.17, 15) is 0 Å². The van der Waals surface area contributed by atoms with Gasteiger partial charge in [-0.15, -0.1) is 0 Å². The van der Waals surface area contributed by atoms with Gasteiger partial charge in [0.1, 0.15) is 0 Å². The molecule has 0 spiro atoms. The summed E-state index contributed by atoms with van der Waals surface area (Å²) in [6.07, 6.45) is 11.4. The summed E-state index contributed by atoms with van der Waals surface area (Å²) in [6.45, 7) is 25.0. The molecule has 0 radical (unpaired) electrons. The summed E-state index contributed by atoms with van der Waals surface area (Å²) >= 11 is 0. The lowest BCUT2D eigenvalue weighted by Crippen LogP contribution is -2.41. The first-order valence-corrected chi connectivity index (χ1v) is 12.3. The molecule has 0 bridgehead atoms. The molecule has 1 heteroatoms. The number of nitrogens with zero attached hydrogens (tertiary/aromatic N) is 1. The number of aryl methyl sites for hydroxylation is 2. The standard InChI is InChI=1S/C30H43N/c1-10-12-21(5)27-19-31-28(20(3)4)18-25-16-24(13-14-30(7,8)9)23(11-2)17-26(25)29(31)15-22(27)6/h15-17,19-20,28H,5-6,10-14,18H2,1-4,7-9H3. The Morgan fingerprint density at radius 1 is 1.16 bits per heavy atom. The third-order valence-corrected chi connectivity index (χ3v) is 6.92.